The van der Waals surface area contributed by atoms with Crippen LogP contribution in [0.5, 0.6) is 11.5 Å². The van der Waals surface area contributed by atoms with Crippen LogP contribution in [-0.4, -0.2) is 23.1 Å². The number of halogens is 1. The second-order valence-electron chi connectivity index (χ2n) is 6.31. The van der Waals surface area contributed by atoms with E-state index in [0.717, 1.165) is 24.8 Å². The minimum Gasteiger partial charge on any atom is -0.493 e. The van der Waals surface area contributed by atoms with Gasteiger partial charge in [-0.1, -0.05) is 38.0 Å². The van der Waals surface area contributed by atoms with Crippen molar-refractivity contribution in [2.45, 2.75) is 26.2 Å². The number of rotatable bonds is 8. The highest BCUT2D eigenvalue weighted by Crippen LogP contribution is 2.32. The lowest BCUT2D eigenvalue weighted by Crippen LogP contribution is -2.16. The van der Waals surface area contributed by atoms with Crippen LogP contribution in [0.4, 0.5) is 0 Å². The second-order valence-corrected chi connectivity index (χ2v) is 7.11. The maximum Gasteiger partial charge on any atom is 0.272 e. The Morgan fingerprint density at radius 1 is 1.14 bits per heavy atom. The molecule has 0 saturated carbocycles. The molecule has 0 fully saturated rings. The summed E-state index contributed by atoms with van der Waals surface area (Å²) in [4.78, 5) is 17.1. The third-order valence-electron chi connectivity index (χ3n) is 4.35. The van der Waals surface area contributed by atoms with Gasteiger partial charge in [0.1, 0.15) is 10.1 Å². The van der Waals surface area contributed by atoms with E-state index in [1.165, 1.54) is 4.40 Å². The molecule has 3 rings (SSSR count). The Labute approximate surface area is 172 Å². The highest BCUT2D eigenvalue weighted by molar-refractivity contribution is 9.10. The number of ether oxygens (including phenoxy) is 2. The third kappa shape index (κ3) is 4.44. The minimum atomic E-state index is -0.146. The molecule has 2 heterocycles. The van der Waals surface area contributed by atoms with Crippen LogP contribution in [0.15, 0.2) is 51.9 Å². The van der Waals surface area contributed by atoms with Crippen molar-refractivity contribution in [2.75, 3.05) is 13.7 Å². The first kappa shape index (κ1) is 20.1. The lowest BCUT2D eigenvalue weighted by atomic mass is 10.1. The van der Waals surface area contributed by atoms with Gasteiger partial charge in [-0.2, -0.15) is 0 Å². The maximum absolute atomic E-state index is 12.5. The average molecular weight is 443 g/mol. The van der Waals surface area contributed by atoms with Crippen molar-refractivity contribution >= 4 is 33.7 Å². The lowest BCUT2D eigenvalue weighted by Gasteiger charge is -2.13. The van der Waals surface area contributed by atoms with Crippen molar-refractivity contribution in [3.05, 3.63) is 68.7 Å². The molecular weight excluding hydrogens is 420 g/mol. The van der Waals surface area contributed by atoms with Gasteiger partial charge in [-0.15, -0.1) is 0 Å². The maximum atomic E-state index is 12.5. The summed E-state index contributed by atoms with van der Waals surface area (Å²) < 4.78 is 13.4. The smallest absolute Gasteiger partial charge is 0.272 e. The van der Waals surface area contributed by atoms with E-state index in [1.54, 1.807) is 25.4 Å². The molecule has 0 radical (unpaired) electrons. The molecule has 0 saturated heterocycles. The highest BCUT2D eigenvalue weighted by Gasteiger charge is 2.11. The van der Waals surface area contributed by atoms with E-state index in [9.17, 15) is 4.79 Å². The Balaban J connectivity index is 1.95. The van der Waals surface area contributed by atoms with E-state index in [4.69, 9.17) is 9.47 Å². The average Bonchev–Trinajstić information content (AvgIpc) is 2.73. The molecule has 0 unspecified atom stereocenters. The number of methoxy groups -OCH3 is 1. The third-order valence-corrected chi connectivity index (χ3v) is 5.09. The number of benzene rings is 1. The fourth-order valence-electron chi connectivity index (χ4n) is 2.87. The molecule has 0 aliphatic carbocycles. The summed E-state index contributed by atoms with van der Waals surface area (Å²) in [7, 11) is 1.63. The molecular formula is C22H23BrN2O3. The van der Waals surface area contributed by atoms with Crippen LogP contribution in [-0.2, 0) is 0 Å². The zero-order valence-corrected chi connectivity index (χ0v) is 17.6. The molecule has 0 N–H and O–H groups in total. The molecule has 6 heteroatoms. The summed E-state index contributed by atoms with van der Waals surface area (Å²) in [6.45, 7) is 2.79. The van der Waals surface area contributed by atoms with E-state index in [2.05, 4.69) is 27.8 Å². The van der Waals surface area contributed by atoms with Gasteiger partial charge in [-0.05, 0) is 52.7 Å². The largest absolute Gasteiger partial charge is 0.493 e. The molecule has 146 valence electrons. The molecule has 28 heavy (non-hydrogen) atoms. The first-order valence-corrected chi connectivity index (χ1v) is 10.1. The van der Waals surface area contributed by atoms with Crippen molar-refractivity contribution in [3.63, 3.8) is 0 Å². The Morgan fingerprint density at radius 3 is 2.79 bits per heavy atom. The van der Waals surface area contributed by atoms with Crippen molar-refractivity contribution in [2.24, 2.45) is 0 Å². The van der Waals surface area contributed by atoms with Gasteiger partial charge in [0.05, 0.1) is 19.4 Å². The van der Waals surface area contributed by atoms with E-state index in [0.29, 0.717) is 33.9 Å². The molecule has 1 aromatic carbocycles. The van der Waals surface area contributed by atoms with Gasteiger partial charge in [0.15, 0.2) is 11.5 Å². The monoisotopic (exact) mass is 442 g/mol. The first-order chi connectivity index (χ1) is 13.7. The van der Waals surface area contributed by atoms with Crippen LogP contribution < -0.4 is 15.0 Å². The van der Waals surface area contributed by atoms with Crippen LogP contribution in [0.3, 0.4) is 0 Å². The summed E-state index contributed by atoms with van der Waals surface area (Å²) in [5.41, 5.74) is 1.89. The number of hydrogen-bond donors (Lipinski definition) is 0. The van der Waals surface area contributed by atoms with E-state index < -0.39 is 0 Å². The number of aromatic nitrogens is 2. The fraction of sp³-hybridized carbons (Fsp3) is 0.273. The summed E-state index contributed by atoms with van der Waals surface area (Å²) in [6.07, 6.45) is 8.66. The summed E-state index contributed by atoms with van der Waals surface area (Å²) >= 11 is 3.38. The Morgan fingerprint density at radius 2 is 2.00 bits per heavy atom. The Hall–Kier alpha value is -2.60. The second kappa shape index (κ2) is 9.55. The van der Waals surface area contributed by atoms with Crippen molar-refractivity contribution in [1.29, 1.82) is 0 Å². The first-order valence-electron chi connectivity index (χ1n) is 9.30. The molecule has 0 aliphatic heterocycles. The molecule has 5 nitrogen and oxygen atoms in total. The van der Waals surface area contributed by atoms with Crippen LogP contribution >= 0.6 is 15.9 Å². The van der Waals surface area contributed by atoms with Crippen molar-refractivity contribution in [1.82, 2.24) is 9.38 Å². The summed E-state index contributed by atoms with van der Waals surface area (Å²) in [6, 6.07) is 11.2. The van der Waals surface area contributed by atoms with E-state index in [1.807, 2.05) is 36.4 Å². The molecule has 0 spiro atoms. The van der Waals surface area contributed by atoms with Gasteiger partial charge in [0, 0.05) is 11.8 Å². The van der Waals surface area contributed by atoms with Crippen LogP contribution in [0.25, 0.3) is 17.8 Å². The Kier molecular flexibility index (Phi) is 6.87. The van der Waals surface area contributed by atoms with E-state index in [-0.39, 0.29) is 5.56 Å². The number of unbranched alkanes of at least 4 members (excludes halogenated alkanes) is 2. The van der Waals surface area contributed by atoms with Gasteiger partial charge in [0.25, 0.3) is 5.56 Å². The minimum absolute atomic E-state index is 0.146. The number of nitrogens with zero attached hydrogens (tertiary/aromatic N) is 2. The quantitative estimate of drug-likeness (QED) is 0.449. The topological polar surface area (TPSA) is 52.8 Å². The fourth-order valence-corrected chi connectivity index (χ4v) is 3.28. The Bertz CT molecular complexity index is 1040. The standard InChI is InChI=1S/C22H23BrN2O3/c1-3-4-7-15-28-21-16(9-8-10-18(21)27-2)12-13-17-20(23)22(26)25-14-6-5-11-19(25)24-17/h5-6,8-14H,3-4,7,15H2,1-2H3/b13-12+. The van der Waals surface area contributed by atoms with Crippen LogP contribution in [0.1, 0.15) is 37.4 Å². The van der Waals surface area contributed by atoms with Gasteiger partial charge < -0.3 is 9.47 Å². The molecule has 0 bridgehead atoms. The summed E-state index contributed by atoms with van der Waals surface area (Å²) in [5, 5.41) is 0. The molecule has 0 atom stereocenters. The number of hydrogen-bond acceptors (Lipinski definition) is 4. The van der Waals surface area contributed by atoms with Crippen LogP contribution in [0, 0.1) is 0 Å². The molecule has 0 aliphatic rings. The predicted octanol–water partition coefficient (Wildman–Crippen LogP) is 5.21. The van der Waals surface area contributed by atoms with Crippen LogP contribution in [0.2, 0.25) is 0 Å². The lowest BCUT2D eigenvalue weighted by molar-refractivity contribution is 0.285. The van der Waals surface area contributed by atoms with Gasteiger partial charge >= 0.3 is 0 Å². The normalized spacial score (nSPS) is 11.2. The van der Waals surface area contributed by atoms with Crippen molar-refractivity contribution < 1.29 is 9.47 Å². The van der Waals surface area contributed by atoms with E-state index >= 15 is 0 Å². The zero-order valence-electron chi connectivity index (χ0n) is 16.0. The zero-order chi connectivity index (χ0) is 19.9. The SMILES string of the molecule is CCCCCOc1c(/C=C/c2nc3ccccn3c(=O)c2Br)cccc1OC. The number of para-hydroxylation sites is 1. The molecule has 0 amide bonds. The van der Waals surface area contributed by atoms with Crippen molar-refractivity contribution in [3.8, 4) is 11.5 Å². The molecule has 3 aromatic rings. The highest BCUT2D eigenvalue weighted by atomic mass is 79.9. The number of pyridine rings is 1. The van der Waals surface area contributed by atoms with Gasteiger partial charge in [-0.3, -0.25) is 9.20 Å². The van der Waals surface area contributed by atoms with Gasteiger partial charge in [0.2, 0.25) is 0 Å². The van der Waals surface area contributed by atoms with Gasteiger partial charge in [-0.25, -0.2) is 4.98 Å². The number of fused-ring (bicyclic) bond motifs is 1. The molecule has 2 aromatic heterocycles. The predicted molar refractivity (Wildman–Crippen MR) is 116 cm³/mol. The summed E-state index contributed by atoms with van der Waals surface area (Å²) in [5.74, 6) is 1.38.